The van der Waals surface area contributed by atoms with Crippen LogP contribution in [0.5, 0.6) is 0 Å². The maximum Gasteiger partial charge on any atom is 0.227 e. The van der Waals surface area contributed by atoms with E-state index in [0.717, 1.165) is 18.5 Å². The van der Waals surface area contributed by atoms with Crippen molar-refractivity contribution in [1.29, 1.82) is 0 Å². The number of carbonyl (C=O) groups is 2. The molecule has 0 bridgehead atoms. The number of piperidine rings is 1. The molecule has 32 heavy (non-hydrogen) atoms. The number of rotatable bonds is 3. The van der Waals surface area contributed by atoms with Gasteiger partial charge in [0, 0.05) is 24.6 Å². The highest BCUT2D eigenvalue weighted by molar-refractivity contribution is 5.95. The predicted molar refractivity (Wildman–Crippen MR) is 126 cm³/mol. The summed E-state index contributed by atoms with van der Waals surface area (Å²) in [5, 5.41) is 0. The predicted octanol–water partition coefficient (Wildman–Crippen LogP) is 4.80. The SMILES string of the molecule is CC(C(N)=O)[C@H]1CC[C@H]2[C@@H]3CC[C@H]4N(c5cccnc5)C(=O)CC(C)[C@]4(C)[C@H]3CC[C@]12C. The number of nitrogens with zero attached hydrogens (tertiary/aromatic N) is 2. The molecule has 1 aromatic rings. The number of nitrogens with two attached hydrogens (primary N) is 1. The first-order valence-electron chi connectivity index (χ1n) is 12.7. The third-order valence-electron chi connectivity index (χ3n) is 10.9. The molecule has 0 spiro atoms. The zero-order valence-electron chi connectivity index (χ0n) is 20.1. The standard InChI is InChI=1S/C27H39N3O2/c1-16-14-24(31)30(18-6-5-13-29-15-18)23-10-7-19-21-9-8-20(17(2)25(28)32)26(21,3)12-11-22(19)27(16,23)4/h5-6,13,15-17,19-23H,7-12,14H2,1-4H3,(H2,28,32)/t16?,17?,19-,20+,21-,22-,23+,26+,27+/m0/s1. The highest BCUT2D eigenvalue weighted by atomic mass is 16.2. The first-order valence-corrected chi connectivity index (χ1v) is 12.7. The minimum atomic E-state index is -0.138. The zero-order valence-corrected chi connectivity index (χ0v) is 20.1. The van der Waals surface area contributed by atoms with E-state index in [-0.39, 0.29) is 34.6 Å². The number of fused-ring (bicyclic) bond motifs is 5. The summed E-state index contributed by atoms with van der Waals surface area (Å²) < 4.78 is 0. The lowest BCUT2D eigenvalue weighted by Gasteiger charge is -2.64. The van der Waals surface area contributed by atoms with Crippen molar-refractivity contribution in [3.8, 4) is 0 Å². The van der Waals surface area contributed by atoms with E-state index in [1.54, 1.807) is 6.20 Å². The Labute approximate surface area is 192 Å². The molecule has 2 unspecified atom stereocenters. The third kappa shape index (κ3) is 2.92. The van der Waals surface area contributed by atoms with E-state index < -0.39 is 0 Å². The van der Waals surface area contributed by atoms with Gasteiger partial charge in [0.1, 0.15) is 0 Å². The summed E-state index contributed by atoms with van der Waals surface area (Å²) in [6.07, 6.45) is 11.2. The summed E-state index contributed by atoms with van der Waals surface area (Å²) in [5.41, 5.74) is 7.04. The number of carbonyl (C=O) groups excluding carboxylic acids is 2. The van der Waals surface area contributed by atoms with E-state index in [0.29, 0.717) is 36.0 Å². The van der Waals surface area contributed by atoms with Crippen LogP contribution in [0.2, 0.25) is 0 Å². The quantitative estimate of drug-likeness (QED) is 0.738. The number of hydrogen-bond donors (Lipinski definition) is 1. The lowest BCUT2D eigenvalue weighted by Crippen LogP contribution is -2.65. The van der Waals surface area contributed by atoms with Crippen LogP contribution in [0.15, 0.2) is 24.5 Å². The Kier molecular flexibility index (Phi) is 5.18. The van der Waals surface area contributed by atoms with Gasteiger partial charge in [-0.15, -0.1) is 0 Å². The number of hydrogen-bond acceptors (Lipinski definition) is 3. The van der Waals surface area contributed by atoms with Crippen LogP contribution in [0.3, 0.4) is 0 Å². The second kappa shape index (κ2) is 7.56. The van der Waals surface area contributed by atoms with E-state index >= 15 is 0 Å². The summed E-state index contributed by atoms with van der Waals surface area (Å²) in [6, 6.07) is 4.22. The van der Waals surface area contributed by atoms with Gasteiger partial charge < -0.3 is 10.6 Å². The van der Waals surface area contributed by atoms with Gasteiger partial charge in [-0.05, 0) is 91.1 Å². The number of aromatic nitrogens is 1. The number of amides is 2. The van der Waals surface area contributed by atoms with Crippen molar-refractivity contribution in [2.75, 3.05) is 4.90 Å². The molecule has 0 aromatic carbocycles. The maximum absolute atomic E-state index is 13.2. The van der Waals surface area contributed by atoms with Crippen LogP contribution >= 0.6 is 0 Å². The minimum absolute atomic E-state index is 0.0410. The average Bonchev–Trinajstić information content (AvgIpc) is 3.12. The fourth-order valence-corrected chi connectivity index (χ4v) is 9.11. The van der Waals surface area contributed by atoms with Crippen LogP contribution in [-0.4, -0.2) is 22.8 Å². The zero-order chi connectivity index (χ0) is 22.8. The highest BCUT2D eigenvalue weighted by Gasteiger charge is 2.63. The second-order valence-corrected chi connectivity index (χ2v) is 11.8. The van der Waals surface area contributed by atoms with E-state index in [4.69, 9.17) is 5.73 Å². The first-order chi connectivity index (χ1) is 15.2. The molecule has 3 saturated carbocycles. The Morgan fingerprint density at radius 1 is 1.19 bits per heavy atom. The molecular weight excluding hydrogens is 398 g/mol. The van der Waals surface area contributed by atoms with Crippen molar-refractivity contribution in [2.24, 2.45) is 52.1 Å². The molecule has 5 heteroatoms. The van der Waals surface area contributed by atoms with Gasteiger partial charge in [-0.2, -0.15) is 0 Å². The fraction of sp³-hybridized carbons (Fsp3) is 0.741. The molecule has 2 heterocycles. The van der Waals surface area contributed by atoms with Gasteiger partial charge in [0.25, 0.3) is 0 Å². The normalized spacial score (nSPS) is 44.4. The third-order valence-corrected chi connectivity index (χ3v) is 10.9. The van der Waals surface area contributed by atoms with Gasteiger partial charge in [-0.3, -0.25) is 14.6 Å². The molecule has 9 atom stereocenters. The van der Waals surface area contributed by atoms with Gasteiger partial charge in [-0.1, -0.05) is 27.7 Å². The molecule has 1 aliphatic heterocycles. The van der Waals surface area contributed by atoms with Gasteiger partial charge in [0.15, 0.2) is 0 Å². The Morgan fingerprint density at radius 3 is 2.66 bits per heavy atom. The van der Waals surface area contributed by atoms with Gasteiger partial charge in [0.2, 0.25) is 11.8 Å². The number of pyridine rings is 1. The lowest BCUT2D eigenvalue weighted by atomic mass is 9.44. The Bertz CT molecular complexity index is 903. The maximum atomic E-state index is 13.2. The molecule has 1 saturated heterocycles. The van der Waals surface area contributed by atoms with E-state index in [1.807, 2.05) is 25.3 Å². The molecule has 2 amide bonds. The van der Waals surface area contributed by atoms with E-state index in [1.165, 1.54) is 25.7 Å². The van der Waals surface area contributed by atoms with E-state index in [9.17, 15) is 9.59 Å². The molecule has 5 nitrogen and oxygen atoms in total. The molecular formula is C27H39N3O2. The molecule has 4 fully saturated rings. The van der Waals surface area contributed by atoms with Gasteiger partial charge in [-0.25, -0.2) is 0 Å². The van der Waals surface area contributed by atoms with Crippen LogP contribution in [0.1, 0.15) is 72.6 Å². The summed E-state index contributed by atoms with van der Waals surface area (Å²) in [6.45, 7) is 9.30. The van der Waals surface area contributed by atoms with Crippen molar-refractivity contribution >= 4 is 17.5 Å². The highest BCUT2D eigenvalue weighted by Crippen LogP contribution is 2.68. The number of primary amides is 1. The first kappa shape index (κ1) is 21.9. The summed E-state index contributed by atoms with van der Waals surface area (Å²) in [7, 11) is 0. The van der Waals surface area contributed by atoms with Crippen LogP contribution in [-0.2, 0) is 9.59 Å². The smallest absolute Gasteiger partial charge is 0.227 e. The van der Waals surface area contributed by atoms with Crippen molar-refractivity contribution in [1.82, 2.24) is 4.98 Å². The molecule has 4 aliphatic rings. The van der Waals surface area contributed by atoms with Crippen LogP contribution in [0, 0.1) is 46.3 Å². The second-order valence-electron chi connectivity index (χ2n) is 11.8. The van der Waals surface area contributed by atoms with Crippen molar-refractivity contribution < 1.29 is 9.59 Å². The van der Waals surface area contributed by atoms with Crippen molar-refractivity contribution in [3.05, 3.63) is 24.5 Å². The van der Waals surface area contributed by atoms with Gasteiger partial charge in [0.05, 0.1) is 11.9 Å². The summed E-state index contributed by atoms with van der Waals surface area (Å²) in [4.78, 5) is 31.7. The Hall–Kier alpha value is -1.91. The summed E-state index contributed by atoms with van der Waals surface area (Å²) in [5.74, 6) is 2.85. The largest absolute Gasteiger partial charge is 0.369 e. The van der Waals surface area contributed by atoms with Crippen LogP contribution in [0.25, 0.3) is 0 Å². The molecule has 0 radical (unpaired) electrons. The molecule has 174 valence electrons. The molecule has 2 N–H and O–H groups in total. The van der Waals surface area contributed by atoms with Gasteiger partial charge >= 0.3 is 0 Å². The van der Waals surface area contributed by atoms with E-state index in [2.05, 4.69) is 30.7 Å². The lowest BCUT2D eigenvalue weighted by molar-refractivity contribution is -0.141. The van der Waals surface area contributed by atoms with Crippen LogP contribution < -0.4 is 10.6 Å². The average molecular weight is 438 g/mol. The minimum Gasteiger partial charge on any atom is -0.369 e. The molecule has 3 aliphatic carbocycles. The Balaban J connectivity index is 1.48. The van der Waals surface area contributed by atoms with Crippen molar-refractivity contribution in [3.63, 3.8) is 0 Å². The number of anilines is 1. The van der Waals surface area contributed by atoms with Crippen LogP contribution in [0.4, 0.5) is 5.69 Å². The fourth-order valence-electron chi connectivity index (χ4n) is 9.11. The molecule has 1 aromatic heterocycles. The Morgan fingerprint density at radius 2 is 1.97 bits per heavy atom. The summed E-state index contributed by atoms with van der Waals surface area (Å²) >= 11 is 0. The topological polar surface area (TPSA) is 76.3 Å². The van der Waals surface area contributed by atoms with Crippen molar-refractivity contribution in [2.45, 2.75) is 78.7 Å². The monoisotopic (exact) mass is 437 g/mol. The molecule has 5 rings (SSSR count).